The molecule has 1 aliphatic carbocycles. The topological polar surface area (TPSA) is 13.1 Å². The van der Waals surface area contributed by atoms with Crippen LogP contribution in [-0.4, -0.2) is 0 Å². The number of allylic oxidation sites excluding steroid dienone is 1. The molecule has 0 atom stereocenters. The Morgan fingerprint density at radius 2 is 2.08 bits per heavy atom. The van der Waals surface area contributed by atoms with Crippen molar-refractivity contribution in [2.45, 2.75) is 12.8 Å². The predicted octanol–water partition coefficient (Wildman–Crippen LogP) is 3.39. The molecule has 0 fully saturated rings. The quantitative estimate of drug-likeness (QED) is 0.590. The maximum atomic E-state index is 5.74. The molecule has 1 aromatic heterocycles. The molecule has 0 spiro atoms. The van der Waals surface area contributed by atoms with E-state index in [2.05, 4.69) is 24.3 Å². The van der Waals surface area contributed by atoms with Gasteiger partial charge in [-0.1, -0.05) is 30.4 Å². The lowest BCUT2D eigenvalue weighted by Crippen LogP contribution is -1.87. The van der Waals surface area contributed by atoms with Gasteiger partial charge < -0.3 is 4.42 Å². The first kappa shape index (κ1) is 6.96. The van der Waals surface area contributed by atoms with Crippen molar-refractivity contribution in [2.24, 2.45) is 0 Å². The second-order valence-electron chi connectivity index (χ2n) is 3.38. The van der Waals surface area contributed by atoms with E-state index >= 15 is 0 Å². The Bertz CT molecular complexity index is 477. The fourth-order valence-corrected chi connectivity index (χ4v) is 1.90. The number of aryl methyl sites for hydroxylation is 1. The fraction of sp³-hybridized carbons (Fsp3) is 0.167. The van der Waals surface area contributed by atoms with Gasteiger partial charge in [0.1, 0.15) is 11.3 Å². The first-order chi connectivity index (χ1) is 6.45. The summed E-state index contributed by atoms with van der Waals surface area (Å²) >= 11 is 0. The number of para-hydroxylation sites is 1. The zero-order valence-electron chi connectivity index (χ0n) is 7.29. The van der Waals surface area contributed by atoms with Crippen LogP contribution in [0.1, 0.15) is 17.7 Å². The average Bonchev–Trinajstić information content (AvgIpc) is 2.56. The number of furan rings is 1. The van der Waals surface area contributed by atoms with Crippen LogP contribution in [0.5, 0.6) is 0 Å². The van der Waals surface area contributed by atoms with E-state index in [-0.39, 0.29) is 0 Å². The van der Waals surface area contributed by atoms with Gasteiger partial charge in [-0.2, -0.15) is 0 Å². The Kier molecular flexibility index (Phi) is 1.33. The van der Waals surface area contributed by atoms with Crippen molar-refractivity contribution in [1.29, 1.82) is 0 Å². The van der Waals surface area contributed by atoms with Gasteiger partial charge in [0.25, 0.3) is 0 Å². The summed E-state index contributed by atoms with van der Waals surface area (Å²) in [7, 11) is 0. The molecule has 0 aliphatic heterocycles. The van der Waals surface area contributed by atoms with Crippen LogP contribution in [-0.2, 0) is 6.42 Å². The summed E-state index contributed by atoms with van der Waals surface area (Å²) in [5, 5.41) is 1.24. The van der Waals surface area contributed by atoms with Crippen LogP contribution in [0, 0.1) is 0 Å². The van der Waals surface area contributed by atoms with Crippen LogP contribution in [0.3, 0.4) is 0 Å². The van der Waals surface area contributed by atoms with E-state index in [1.54, 1.807) is 0 Å². The van der Waals surface area contributed by atoms with Crippen LogP contribution in [0.2, 0.25) is 0 Å². The number of benzene rings is 1. The molecular weight excluding hydrogens is 160 g/mol. The predicted molar refractivity (Wildman–Crippen MR) is 53.6 cm³/mol. The van der Waals surface area contributed by atoms with Crippen molar-refractivity contribution < 1.29 is 4.42 Å². The SMILES string of the molecule is C1=Cc2c(oc3ccccc23)CC1. The van der Waals surface area contributed by atoms with E-state index in [4.69, 9.17) is 4.42 Å². The lowest BCUT2D eigenvalue weighted by Gasteiger charge is -2.00. The van der Waals surface area contributed by atoms with Gasteiger partial charge in [-0.3, -0.25) is 0 Å². The van der Waals surface area contributed by atoms with Crippen molar-refractivity contribution in [3.05, 3.63) is 41.7 Å². The van der Waals surface area contributed by atoms with E-state index in [1.165, 1.54) is 10.9 Å². The van der Waals surface area contributed by atoms with Crippen LogP contribution >= 0.6 is 0 Å². The highest BCUT2D eigenvalue weighted by atomic mass is 16.3. The normalized spacial score (nSPS) is 14.8. The largest absolute Gasteiger partial charge is 0.460 e. The van der Waals surface area contributed by atoms with Crippen molar-refractivity contribution >= 4 is 17.0 Å². The molecule has 1 aliphatic rings. The molecule has 1 aromatic carbocycles. The molecule has 1 heteroatoms. The summed E-state index contributed by atoms with van der Waals surface area (Å²) < 4.78 is 5.74. The molecule has 2 aromatic rings. The van der Waals surface area contributed by atoms with Gasteiger partial charge in [0.2, 0.25) is 0 Å². The van der Waals surface area contributed by atoms with Crippen molar-refractivity contribution in [3.63, 3.8) is 0 Å². The second kappa shape index (κ2) is 2.49. The number of hydrogen-bond acceptors (Lipinski definition) is 1. The highest BCUT2D eigenvalue weighted by Gasteiger charge is 2.12. The molecule has 64 valence electrons. The van der Waals surface area contributed by atoms with E-state index in [0.29, 0.717) is 0 Å². The lowest BCUT2D eigenvalue weighted by molar-refractivity contribution is 0.546. The Balaban J connectivity index is 2.42. The molecule has 0 amide bonds. The third-order valence-corrected chi connectivity index (χ3v) is 2.53. The summed E-state index contributed by atoms with van der Waals surface area (Å²) in [5.74, 6) is 1.14. The summed E-state index contributed by atoms with van der Waals surface area (Å²) in [4.78, 5) is 0. The summed E-state index contributed by atoms with van der Waals surface area (Å²) in [6.07, 6.45) is 6.53. The average molecular weight is 170 g/mol. The van der Waals surface area contributed by atoms with Gasteiger partial charge in [0.15, 0.2) is 0 Å². The molecule has 1 nitrogen and oxygen atoms in total. The molecule has 1 heterocycles. The Hall–Kier alpha value is -1.50. The van der Waals surface area contributed by atoms with Crippen molar-refractivity contribution in [2.75, 3.05) is 0 Å². The Morgan fingerprint density at radius 1 is 1.15 bits per heavy atom. The molecule has 0 bridgehead atoms. The van der Waals surface area contributed by atoms with Gasteiger partial charge in [0, 0.05) is 17.4 Å². The summed E-state index contributed by atoms with van der Waals surface area (Å²) in [5.41, 5.74) is 2.29. The van der Waals surface area contributed by atoms with Crippen LogP contribution in [0.15, 0.2) is 34.8 Å². The van der Waals surface area contributed by atoms with E-state index in [0.717, 1.165) is 24.2 Å². The number of rotatable bonds is 0. The first-order valence-electron chi connectivity index (χ1n) is 4.62. The minimum absolute atomic E-state index is 1.01. The van der Waals surface area contributed by atoms with Gasteiger partial charge in [-0.15, -0.1) is 0 Å². The van der Waals surface area contributed by atoms with Crippen LogP contribution in [0.25, 0.3) is 17.0 Å². The van der Waals surface area contributed by atoms with E-state index < -0.39 is 0 Å². The second-order valence-corrected chi connectivity index (χ2v) is 3.38. The highest BCUT2D eigenvalue weighted by Crippen LogP contribution is 2.30. The molecule has 0 N–H and O–H groups in total. The van der Waals surface area contributed by atoms with Crippen molar-refractivity contribution in [3.8, 4) is 0 Å². The van der Waals surface area contributed by atoms with Crippen LogP contribution in [0.4, 0.5) is 0 Å². The molecular formula is C12H10O. The summed E-state index contributed by atoms with van der Waals surface area (Å²) in [6, 6.07) is 8.22. The smallest absolute Gasteiger partial charge is 0.134 e. The van der Waals surface area contributed by atoms with Gasteiger partial charge >= 0.3 is 0 Å². The molecule has 0 radical (unpaired) electrons. The molecule has 0 saturated heterocycles. The molecule has 0 unspecified atom stereocenters. The summed E-state index contributed by atoms with van der Waals surface area (Å²) in [6.45, 7) is 0. The third-order valence-electron chi connectivity index (χ3n) is 2.53. The standard InChI is InChI=1S/C12H10O/c1-3-7-11-9(5-1)10-6-2-4-8-12(10)13-11/h1-3,5-7H,4,8H2. The number of hydrogen-bond donors (Lipinski definition) is 0. The Morgan fingerprint density at radius 3 is 3.08 bits per heavy atom. The maximum absolute atomic E-state index is 5.74. The van der Waals surface area contributed by atoms with Gasteiger partial charge in [-0.05, 0) is 12.5 Å². The van der Waals surface area contributed by atoms with Crippen molar-refractivity contribution in [1.82, 2.24) is 0 Å². The molecule has 0 saturated carbocycles. The lowest BCUT2D eigenvalue weighted by atomic mass is 10.0. The zero-order valence-corrected chi connectivity index (χ0v) is 7.29. The maximum Gasteiger partial charge on any atom is 0.134 e. The zero-order chi connectivity index (χ0) is 8.67. The van der Waals surface area contributed by atoms with E-state index in [1.807, 2.05) is 12.1 Å². The van der Waals surface area contributed by atoms with E-state index in [9.17, 15) is 0 Å². The number of fused-ring (bicyclic) bond motifs is 3. The minimum Gasteiger partial charge on any atom is -0.460 e. The minimum atomic E-state index is 1.01. The third kappa shape index (κ3) is 0.934. The first-order valence-corrected chi connectivity index (χ1v) is 4.62. The van der Waals surface area contributed by atoms with Crippen LogP contribution < -0.4 is 0 Å². The van der Waals surface area contributed by atoms with Gasteiger partial charge in [0.05, 0.1) is 0 Å². The molecule has 3 rings (SSSR count). The Labute approximate surface area is 76.7 Å². The fourth-order valence-electron chi connectivity index (χ4n) is 1.90. The monoisotopic (exact) mass is 170 g/mol. The van der Waals surface area contributed by atoms with Gasteiger partial charge in [-0.25, -0.2) is 0 Å². The molecule has 13 heavy (non-hydrogen) atoms. The highest BCUT2D eigenvalue weighted by molar-refractivity contribution is 5.88.